The van der Waals surface area contributed by atoms with Crippen LogP contribution < -0.4 is 0 Å². The average molecular weight is 271 g/mol. The maximum atomic E-state index is 12.3. The highest BCUT2D eigenvalue weighted by Gasteiger charge is 2.37. The first kappa shape index (κ1) is 16.3. The number of hydrogen-bond donors (Lipinski definition) is 1. The quantitative estimate of drug-likeness (QED) is 0.858. The minimum atomic E-state index is -0.469. The molecule has 4 heteroatoms. The van der Waals surface area contributed by atoms with Crippen molar-refractivity contribution in [2.75, 3.05) is 13.2 Å². The SMILES string of the molecule is CCC1CC(C)CN(C(=O)OC(C)(C)C)C1CCO. The largest absolute Gasteiger partial charge is 0.444 e. The van der Waals surface area contributed by atoms with Crippen molar-refractivity contribution in [3.05, 3.63) is 0 Å². The minimum absolute atomic E-state index is 0.112. The van der Waals surface area contributed by atoms with Gasteiger partial charge in [0.15, 0.2) is 0 Å². The molecular formula is C15H29NO3. The van der Waals surface area contributed by atoms with Crippen molar-refractivity contribution in [3.8, 4) is 0 Å². The first-order valence-corrected chi connectivity index (χ1v) is 7.39. The molecule has 0 spiro atoms. The molecule has 0 aromatic rings. The van der Waals surface area contributed by atoms with Crippen molar-refractivity contribution in [1.29, 1.82) is 0 Å². The summed E-state index contributed by atoms with van der Waals surface area (Å²) in [5.74, 6) is 0.954. The molecule has 4 nitrogen and oxygen atoms in total. The number of amides is 1. The number of ether oxygens (including phenoxy) is 1. The van der Waals surface area contributed by atoms with Crippen LogP contribution in [0, 0.1) is 11.8 Å². The maximum absolute atomic E-state index is 12.3. The third-order valence-electron chi connectivity index (χ3n) is 3.74. The number of hydrogen-bond acceptors (Lipinski definition) is 3. The van der Waals surface area contributed by atoms with Crippen LogP contribution in [-0.2, 0) is 4.74 Å². The lowest BCUT2D eigenvalue weighted by molar-refractivity contribution is -0.0134. The van der Waals surface area contributed by atoms with Gasteiger partial charge >= 0.3 is 6.09 Å². The van der Waals surface area contributed by atoms with Crippen LogP contribution in [0.1, 0.15) is 53.9 Å². The molecule has 0 aromatic heterocycles. The third-order valence-corrected chi connectivity index (χ3v) is 3.74. The maximum Gasteiger partial charge on any atom is 0.410 e. The molecule has 1 saturated heterocycles. The molecule has 1 rings (SSSR count). The summed E-state index contributed by atoms with van der Waals surface area (Å²) < 4.78 is 5.50. The number of rotatable bonds is 3. The molecule has 1 aliphatic rings. The fourth-order valence-corrected chi connectivity index (χ4v) is 2.97. The number of aliphatic hydroxyl groups excluding tert-OH is 1. The van der Waals surface area contributed by atoms with Crippen LogP contribution >= 0.6 is 0 Å². The Morgan fingerprint density at radius 1 is 1.42 bits per heavy atom. The Bertz CT molecular complexity index is 298. The van der Waals surface area contributed by atoms with Gasteiger partial charge in [-0.05, 0) is 45.4 Å². The normalized spacial score (nSPS) is 28.3. The van der Waals surface area contributed by atoms with Crippen molar-refractivity contribution in [2.45, 2.75) is 65.5 Å². The monoisotopic (exact) mass is 271 g/mol. The van der Waals surface area contributed by atoms with E-state index in [4.69, 9.17) is 4.74 Å². The van der Waals surface area contributed by atoms with Crippen molar-refractivity contribution < 1.29 is 14.6 Å². The summed E-state index contributed by atoms with van der Waals surface area (Å²) in [6, 6.07) is 0.112. The highest BCUT2D eigenvalue weighted by molar-refractivity contribution is 5.68. The number of nitrogens with zero attached hydrogens (tertiary/aromatic N) is 1. The molecule has 112 valence electrons. The van der Waals surface area contributed by atoms with Gasteiger partial charge in [0.25, 0.3) is 0 Å². The van der Waals surface area contributed by atoms with E-state index in [-0.39, 0.29) is 18.7 Å². The van der Waals surface area contributed by atoms with Crippen LogP contribution in [0.2, 0.25) is 0 Å². The van der Waals surface area contributed by atoms with Gasteiger partial charge in [-0.3, -0.25) is 0 Å². The van der Waals surface area contributed by atoms with E-state index in [1.54, 1.807) is 0 Å². The zero-order valence-electron chi connectivity index (χ0n) is 13.0. The molecule has 3 unspecified atom stereocenters. The van der Waals surface area contributed by atoms with E-state index in [0.717, 1.165) is 19.4 Å². The second-order valence-corrected chi connectivity index (χ2v) is 6.72. The molecule has 0 aliphatic carbocycles. The van der Waals surface area contributed by atoms with Crippen LogP contribution in [0.15, 0.2) is 0 Å². The summed E-state index contributed by atoms with van der Waals surface area (Å²) >= 11 is 0. The van der Waals surface area contributed by atoms with E-state index in [0.29, 0.717) is 18.3 Å². The summed E-state index contributed by atoms with van der Waals surface area (Å²) in [6.07, 6.45) is 2.56. The second-order valence-electron chi connectivity index (χ2n) is 6.72. The number of aliphatic hydroxyl groups is 1. The second kappa shape index (κ2) is 6.60. The molecule has 0 bridgehead atoms. The number of carbonyl (C=O) groups excluding carboxylic acids is 1. The topological polar surface area (TPSA) is 49.8 Å². The van der Waals surface area contributed by atoms with Gasteiger partial charge in [-0.2, -0.15) is 0 Å². The van der Waals surface area contributed by atoms with E-state index in [1.165, 1.54) is 0 Å². The zero-order chi connectivity index (χ0) is 14.6. The fourth-order valence-electron chi connectivity index (χ4n) is 2.97. The molecule has 0 radical (unpaired) electrons. The van der Waals surface area contributed by atoms with Gasteiger partial charge in [-0.15, -0.1) is 0 Å². The molecule has 19 heavy (non-hydrogen) atoms. The summed E-state index contributed by atoms with van der Waals surface area (Å²) in [4.78, 5) is 14.2. The van der Waals surface area contributed by atoms with Crippen molar-refractivity contribution in [1.82, 2.24) is 4.90 Å². The molecule has 1 amide bonds. The molecule has 0 aromatic carbocycles. The van der Waals surface area contributed by atoms with Crippen LogP contribution in [0.5, 0.6) is 0 Å². The van der Waals surface area contributed by atoms with Crippen molar-refractivity contribution in [3.63, 3.8) is 0 Å². The fraction of sp³-hybridized carbons (Fsp3) is 0.933. The Balaban J connectivity index is 2.82. The molecule has 0 saturated carbocycles. The first-order valence-electron chi connectivity index (χ1n) is 7.39. The van der Waals surface area contributed by atoms with E-state index in [2.05, 4.69) is 13.8 Å². The predicted molar refractivity (Wildman–Crippen MR) is 76.0 cm³/mol. The Hall–Kier alpha value is -0.770. The minimum Gasteiger partial charge on any atom is -0.444 e. The van der Waals surface area contributed by atoms with Crippen molar-refractivity contribution in [2.24, 2.45) is 11.8 Å². The average Bonchev–Trinajstić information content (AvgIpc) is 2.28. The Labute approximate surface area is 117 Å². The zero-order valence-corrected chi connectivity index (χ0v) is 13.0. The van der Waals surface area contributed by atoms with Gasteiger partial charge in [0.2, 0.25) is 0 Å². The van der Waals surface area contributed by atoms with Crippen LogP contribution in [0.3, 0.4) is 0 Å². The van der Waals surface area contributed by atoms with E-state index >= 15 is 0 Å². The Kier molecular flexibility index (Phi) is 5.65. The van der Waals surface area contributed by atoms with Crippen LogP contribution in [0.25, 0.3) is 0 Å². The van der Waals surface area contributed by atoms with Gasteiger partial charge in [0.1, 0.15) is 5.60 Å². The smallest absolute Gasteiger partial charge is 0.410 e. The van der Waals surface area contributed by atoms with Gasteiger partial charge in [-0.1, -0.05) is 20.3 Å². The number of carbonyl (C=O) groups is 1. The molecular weight excluding hydrogens is 242 g/mol. The first-order chi connectivity index (χ1) is 8.78. The standard InChI is InChI=1S/C15H29NO3/c1-6-12-9-11(2)10-16(13(12)7-8-17)14(18)19-15(3,4)5/h11-13,17H,6-10H2,1-5H3. The molecule has 1 aliphatic heterocycles. The number of piperidine rings is 1. The highest BCUT2D eigenvalue weighted by atomic mass is 16.6. The van der Waals surface area contributed by atoms with Crippen LogP contribution in [-0.4, -0.2) is 40.9 Å². The molecule has 3 atom stereocenters. The predicted octanol–water partition coefficient (Wildman–Crippen LogP) is 3.04. The summed E-state index contributed by atoms with van der Waals surface area (Å²) in [5.41, 5.74) is -0.469. The Morgan fingerprint density at radius 3 is 2.53 bits per heavy atom. The summed E-state index contributed by atoms with van der Waals surface area (Å²) in [7, 11) is 0. The lowest BCUT2D eigenvalue weighted by atomic mass is 9.81. The van der Waals surface area contributed by atoms with Gasteiger partial charge in [0, 0.05) is 19.2 Å². The Morgan fingerprint density at radius 2 is 2.05 bits per heavy atom. The highest BCUT2D eigenvalue weighted by Crippen LogP contribution is 2.32. The number of likely N-dealkylation sites (tertiary alicyclic amines) is 1. The van der Waals surface area contributed by atoms with E-state index < -0.39 is 5.60 Å². The molecule has 1 heterocycles. The van der Waals surface area contributed by atoms with E-state index in [9.17, 15) is 9.90 Å². The lowest BCUT2D eigenvalue weighted by Gasteiger charge is -2.44. The van der Waals surface area contributed by atoms with Gasteiger partial charge in [-0.25, -0.2) is 4.79 Å². The van der Waals surface area contributed by atoms with Gasteiger partial charge in [0.05, 0.1) is 0 Å². The van der Waals surface area contributed by atoms with Gasteiger partial charge < -0.3 is 14.7 Å². The third kappa shape index (κ3) is 4.68. The molecule has 1 fully saturated rings. The lowest BCUT2D eigenvalue weighted by Crippen LogP contribution is -2.52. The van der Waals surface area contributed by atoms with E-state index in [1.807, 2.05) is 25.7 Å². The van der Waals surface area contributed by atoms with Crippen LogP contribution in [0.4, 0.5) is 4.79 Å². The molecule has 1 N–H and O–H groups in total. The van der Waals surface area contributed by atoms with Crippen molar-refractivity contribution >= 4 is 6.09 Å². The summed E-state index contributed by atoms with van der Waals surface area (Å²) in [6.45, 7) is 10.8. The summed E-state index contributed by atoms with van der Waals surface area (Å²) in [5, 5.41) is 9.25.